The monoisotopic (exact) mass is 313 g/mol. The van der Waals surface area contributed by atoms with Crippen molar-refractivity contribution < 1.29 is 17.9 Å². The highest BCUT2D eigenvalue weighted by atomic mass is 32.2. The molecular weight excluding hydrogens is 294 g/mol. The predicted molar refractivity (Wildman–Crippen MR) is 80.4 cm³/mol. The lowest BCUT2D eigenvalue weighted by molar-refractivity contribution is -0.125. The first-order valence-electron chi connectivity index (χ1n) is 6.43. The third kappa shape index (κ3) is 3.72. The first-order chi connectivity index (χ1) is 9.71. The lowest BCUT2D eigenvalue weighted by atomic mass is 9.85. The molecule has 2 unspecified atom stereocenters. The van der Waals surface area contributed by atoms with Crippen LogP contribution in [0, 0.1) is 5.41 Å². The number of hydrogen-bond acceptors (Lipinski definition) is 5. The molecule has 1 aromatic rings. The molecule has 21 heavy (non-hydrogen) atoms. The normalized spacial score (nSPS) is 25.6. The molecule has 4 N–H and O–H groups in total. The molecule has 1 heterocycles. The smallest absolute Gasteiger partial charge is 0.234 e. The molecule has 8 heteroatoms. The molecule has 1 fully saturated rings. The van der Waals surface area contributed by atoms with Crippen molar-refractivity contribution in [3.8, 4) is 0 Å². The van der Waals surface area contributed by atoms with Crippen LogP contribution in [-0.4, -0.2) is 39.8 Å². The Morgan fingerprint density at radius 2 is 2.10 bits per heavy atom. The summed E-state index contributed by atoms with van der Waals surface area (Å²) in [5.41, 5.74) is 5.99. The number of ether oxygens (including phenoxy) is 1. The number of benzene rings is 1. The second-order valence-electron chi connectivity index (χ2n) is 5.45. The topological polar surface area (TPSA) is 111 Å². The summed E-state index contributed by atoms with van der Waals surface area (Å²) in [6.45, 7) is 2.36. The summed E-state index contributed by atoms with van der Waals surface area (Å²) < 4.78 is 30.0. The van der Waals surface area contributed by atoms with Gasteiger partial charge < -0.3 is 15.8 Å². The van der Waals surface area contributed by atoms with Gasteiger partial charge in [0.25, 0.3) is 0 Å². The average Bonchev–Trinajstić information content (AvgIpc) is 2.69. The number of carbonyl (C=O) groups excluding carboxylic acids is 1. The Labute approximate surface area is 123 Å². The van der Waals surface area contributed by atoms with Crippen molar-refractivity contribution in [3.63, 3.8) is 0 Å². The molecule has 116 valence electrons. The molecule has 1 amide bonds. The Balaban J connectivity index is 2.13. The zero-order chi connectivity index (χ0) is 15.7. The fourth-order valence-electron chi connectivity index (χ4n) is 2.07. The summed E-state index contributed by atoms with van der Waals surface area (Å²) in [6, 6.07) is 6.11. The van der Waals surface area contributed by atoms with Crippen LogP contribution in [0.3, 0.4) is 0 Å². The van der Waals surface area contributed by atoms with E-state index in [0.717, 1.165) is 6.26 Å². The van der Waals surface area contributed by atoms with Crippen LogP contribution < -0.4 is 15.8 Å². The van der Waals surface area contributed by atoms with Crippen molar-refractivity contribution in [3.05, 3.63) is 24.3 Å². The van der Waals surface area contributed by atoms with Gasteiger partial charge in [0, 0.05) is 11.7 Å². The van der Waals surface area contributed by atoms with Gasteiger partial charge in [0.1, 0.15) is 0 Å². The second kappa shape index (κ2) is 5.63. The van der Waals surface area contributed by atoms with Crippen LogP contribution in [0.5, 0.6) is 0 Å². The summed E-state index contributed by atoms with van der Waals surface area (Å²) in [6.07, 6.45) is 1.06. The first-order valence-corrected chi connectivity index (χ1v) is 8.32. The van der Waals surface area contributed by atoms with Crippen molar-refractivity contribution in [2.75, 3.05) is 29.5 Å². The van der Waals surface area contributed by atoms with E-state index in [1.165, 1.54) is 0 Å². The molecule has 0 radical (unpaired) electrons. The molecule has 2 rings (SSSR count). The Bertz CT molecular complexity index is 647. The summed E-state index contributed by atoms with van der Waals surface area (Å²) >= 11 is 0. The van der Waals surface area contributed by atoms with Crippen molar-refractivity contribution >= 4 is 27.3 Å². The lowest BCUT2D eigenvalue weighted by Crippen LogP contribution is -2.47. The average molecular weight is 313 g/mol. The van der Waals surface area contributed by atoms with Crippen molar-refractivity contribution in [2.24, 2.45) is 11.1 Å². The summed E-state index contributed by atoms with van der Waals surface area (Å²) in [7, 11) is -3.36. The quantitative estimate of drug-likeness (QED) is 0.743. The Kier molecular flexibility index (Phi) is 4.22. The number of anilines is 2. The van der Waals surface area contributed by atoms with Crippen molar-refractivity contribution in [1.82, 2.24) is 0 Å². The molecule has 0 saturated carbocycles. The largest absolute Gasteiger partial charge is 0.379 e. The minimum atomic E-state index is -3.36. The summed E-state index contributed by atoms with van der Waals surface area (Å²) in [5, 5.41) is 2.75. The minimum Gasteiger partial charge on any atom is -0.379 e. The number of amides is 1. The van der Waals surface area contributed by atoms with Crippen LogP contribution in [0.4, 0.5) is 11.4 Å². The highest BCUT2D eigenvalue weighted by Gasteiger charge is 2.44. The zero-order valence-electron chi connectivity index (χ0n) is 11.9. The van der Waals surface area contributed by atoms with Gasteiger partial charge in [-0.2, -0.15) is 0 Å². The molecule has 0 spiro atoms. The Morgan fingerprint density at radius 1 is 1.43 bits per heavy atom. The van der Waals surface area contributed by atoms with E-state index >= 15 is 0 Å². The van der Waals surface area contributed by atoms with Crippen LogP contribution in [-0.2, 0) is 19.6 Å². The van der Waals surface area contributed by atoms with Crippen LogP contribution in [0.2, 0.25) is 0 Å². The molecule has 2 atom stereocenters. The fourth-order valence-corrected chi connectivity index (χ4v) is 2.63. The maximum atomic E-state index is 12.3. The summed E-state index contributed by atoms with van der Waals surface area (Å²) in [4.78, 5) is 12.3. The first kappa shape index (κ1) is 15.7. The highest BCUT2D eigenvalue weighted by Crippen LogP contribution is 2.29. The van der Waals surface area contributed by atoms with E-state index in [4.69, 9.17) is 10.5 Å². The third-order valence-electron chi connectivity index (χ3n) is 3.46. The van der Waals surface area contributed by atoms with Gasteiger partial charge in [-0.05, 0) is 25.1 Å². The minimum absolute atomic E-state index is 0.246. The SMILES string of the molecule is CC1(C(=O)Nc2cccc(NS(C)(=O)=O)c2)COCC1N. The molecule has 1 saturated heterocycles. The lowest BCUT2D eigenvalue weighted by Gasteiger charge is -2.25. The van der Waals surface area contributed by atoms with E-state index < -0.39 is 15.4 Å². The van der Waals surface area contributed by atoms with Gasteiger partial charge >= 0.3 is 0 Å². The molecule has 1 aliphatic rings. The number of hydrogen-bond donors (Lipinski definition) is 3. The maximum absolute atomic E-state index is 12.3. The van der Waals surface area contributed by atoms with Crippen molar-refractivity contribution in [1.29, 1.82) is 0 Å². The second-order valence-corrected chi connectivity index (χ2v) is 7.20. The van der Waals surface area contributed by atoms with Gasteiger partial charge in [0.2, 0.25) is 15.9 Å². The fraction of sp³-hybridized carbons (Fsp3) is 0.462. The van der Waals surface area contributed by atoms with Crippen molar-refractivity contribution in [2.45, 2.75) is 13.0 Å². The molecular formula is C13H19N3O4S. The Hall–Kier alpha value is -1.64. The van der Waals surface area contributed by atoms with Crippen LogP contribution in [0.25, 0.3) is 0 Å². The molecule has 0 aliphatic carbocycles. The predicted octanol–water partition coefficient (Wildman–Crippen LogP) is 0.360. The van der Waals surface area contributed by atoms with E-state index in [-0.39, 0.29) is 18.6 Å². The van der Waals surface area contributed by atoms with Crippen LogP contribution in [0.15, 0.2) is 24.3 Å². The van der Waals surface area contributed by atoms with E-state index in [2.05, 4.69) is 10.0 Å². The number of nitrogens with one attached hydrogen (secondary N) is 2. The van der Waals surface area contributed by atoms with Gasteiger partial charge in [0.05, 0.1) is 30.6 Å². The van der Waals surface area contributed by atoms with Gasteiger partial charge in [-0.1, -0.05) is 6.07 Å². The maximum Gasteiger partial charge on any atom is 0.234 e. The molecule has 1 aromatic carbocycles. The zero-order valence-corrected chi connectivity index (χ0v) is 12.7. The number of nitrogens with two attached hydrogens (primary N) is 1. The third-order valence-corrected chi connectivity index (χ3v) is 4.07. The highest BCUT2D eigenvalue weighted by molar-refractivity contribution is 7.92. The number of carbonyl (C=O) groups is 1. The van der Waals surface area contributed by atoms with E-state index in [0.29, 0.717) is 18.0 Å². The van der Waals surface area contributed by atoms with Crippen LogP contribution in [0.1, 0.15) is 6.92 Å². The van der Waals surface area contributed by atoms with Gasteiger partial charge in [-0.25, -0.2) is 8.42 Å². The number of rotatable bonds is 4. The van der Waals surface area contributed by atoms with Gasteiger partial charge in [-0.15, -0.1) is 0 Å². The molecule has 0 aromatic heterocycles. The van der Waals surface area contributed by atoms with Gasteiger partial charge in [0.15, 0.2) is 0 Å². The van der Waals surface area contributed by atoms with E-state index in [1.54, 1.807) is 31.2 Å². The van der Waals surface area contributed by atoms with E-state index in [9.17, 15) is 13.2 Å². The molecule has 0 bridgehead atoms. The molecule has 1 aliphatic heterocycles. The standard InChI is InChI=1S/C13H19N3O4S/c1-13(8-20-7-11(13)14)12(17)15-9-4-3-5-10(6-9)16-21(2,18)19/h3-6,11,16H,7-8,14H2,1-2H3,(H,15,17). The van der Waals surface area contributed by atoms with E-state index in [1.807, 2.05) is 0 Å². The Morgan fingerprint density at radius 3 is 2.67 bits per heavy atom. The van der Waals surface area contributed by atoms with Crippen LogP contribution >= 0.6 is 0 Å². The molecule has 7 nitrogen and oxygen atoms in total. The van der Waals surface area contributed by atoms with Gasteiger partial charge in [-0.3, -0.25) is 9.52 Å². The number of sulfonamides is 1. The summed E-state index contributed by atoms with van der Waals surface area (Å²) in [5.74, 6) is -0.246.